The van der Waals surface area contributed by atoms with Crippen molar-refractivity contribution in [2.75, 3.05) is 13.1 Å². The standard InChI is InChI=1S/C17H23N3O4S/c1-11(2)20-16-5-4-15(7-13(16)8-18-20)25(23,24)19-9-12(3)6-14(10-19)17(21)22/h4-5,7-8,11-12,14H,6,9-10H2,1-3H3,(H,21,22). The van der Waals surface area contributed by atoms with Crippen LogP contribution in [0.15, 0.2) is 29.3 Å². The van der Waals surface area contributed by atoms with Crippen molar-refractivity contribution in [2.45, 2.75) is 38.1 Å². The molecule has 0 radical (unpaired) electrons. The quantitative estimate of drug-likeness (QED) is 0.898. The van der Waals surface area contributed by atoms with Gasteiger partial charge in [-0.25, -0.2) is 8.42 Å². The number of hydrogen-bond acceptors (Lipinski definition) is 4. The highest BCUT2D eigenvalue weighted by molar-refractivity contribution is 7.89. The third kappa shape index (κ3) is 3.28. The number of benzene rings is 1. The lowest BCUT2D eigenvalue weighted by molar-refractivity contribution is -0.143. The van der Waals surface area contributed by atoms with Gasteiger partial charge in [0.25, 0.3) is 0 Å². The van der Waals surface area contributed by atoms with Gasteiger partial charge in [0.05, 0.1) is 22.5 Å². The first kappa shape index (κ1) is 17.9. The fourth-order valence-electron chi connectivity index (χ4n) is 3.43. The first-order valence-corrected chi connectivity index (χ1v) is 9.84. The number of sulfonamides is 1. The molecule has 1 fully saturated rings. The highest BCUT2D eigenvalue weighted by Crippen LogP contribution is 2.29. The highest BCUT2D eigenvalue weighted by Gasteiger charge is 2.36. The Kier molecular flexibility index (Phi) is 4.59. The van der Waals surface area contributed by atoms with Gasteiger partial charge in [-0.2, -0.15) is 9.40 Å². The molecular formula is C17H23N3O4S. The van der Waals surface area contributed by atoms with Crippen LogP contribution in [0.4, 0.5) is 0 Å². The molecule has 0 amide bonds. The number of fused-ring (bicyclic) bond motifs is 1. The Morgan fingerprint density at radius 3 is 2.68 bits per heavy atom. The summed E-state index contributed by atoms with van der Waals surface area (Å²) >= 11 is 0. The third-order valence-corrected chi connectivity index (χ3v) is 6.50. The van der Waals surface area contributed by atoms with Crippen LogP contribution in [0.1, 0.15) is 33.2 Å². The number of hydrogen-bond donors (Lipinski definition) is 1. The average Bonchev–Trinajstić information content (AvgIpc) is 2.97. The molecule has 1 aliphatic heterocycles. The second kappa shape index (κ2) is 6.42. The van der Waals surface area contributed by atoms with Crippen molar-refractivity contribution < 1.29 is 18.3 Å². The topological polar surface area (TPSA) is 92.5 Å². The van der Waals surface area contributed by atoms with E-state index in [2.05, 4.69) is 5.10 Å². The molecule has 2 atom stereocenters. The number of rotatable bonds is 4. The third-order valence-electron chi connectivity index (χ3n) is 4.67. The molecule has 1 aliphatic rings. The van der Waals surface area contributed by atoms with Crippen molar-refractivity contribution in [3.8, 4) is 0 Å². The maximum Gasteiger partial charge on any atom is 0.307 e. The van der Waals surface area contributed by atoms with E-state index in [1.54, 1.807) is 24.4 Å². The molecular weight excluding hydrogens is 342 g/mol. The van der Waals surface area contributed by atoms with E-state index in [-0.39, 0.29) is 23.4 Å². The van der Waals surface area contributed by atoms with Gasteiger partial charge < -0.3 is 5.11 Å². The summed E-state index contributed by atoms with van der Waals surface area (Å²) in [6.45, 7) is 6.27. The monoisotopic (exact) mass is 365 g/mol. The SMILES string of the molecule is CC1CC(C(=O)O)CN(S(=O)(=O)c2ccc3c(cnn3C(C)C)c2)C1. The van der Waals surface area contributed by atoms with Gasteiger partial charge in [-0.15, -0.1) is 0 Å². The number of aliphatic carboxylic acids is 1. The van der Waals surface area contributed by atoms with E-state index in [9.17, 15) is 18.3 Å². The minimum Gasteiger partial charge on any atom is -0.481 e. The zero-order valence-electron chi connectivity index (χ0n) is 14.6. The van der Waals surface area contributed by atoms with Crippen molar-refractivity contribution in [1.82, 2.24) is 14.1 Å². The van der Waals surface area contributed by atoms with Crippen LogP contribution in [-0.4, -0.2) is 46.7 Å². The number of aromatic nitrogens is 2. The summed E-state index contributed by atoms with van der Waals surface area (Å²) in [5, 5.41) is 14.3. The fourth-order valence-corrected chi connectivity index (χ4v) is 5.07. The Morgan fingerprint density at radius 2 is 2.04 bits per heavy atom. The molecule has 1 saturated heterocycles. The summed E-state index contributed by atoms with van der Waals surface area (Å²) in [7, 11) is -3.73. The predicted molar refractivity (Wildman–Crippen MR) is 93.8 cm³/mol. The normalized spacial score (nSPS) is 22.6. The first-order chi connectivity index (χ1) is 11.7. The van der Waals surface area contributed by atoms with Crippen LogP contribution in [-0.2, 0) is 14.8 Å². The Morgan fingerprint density at radius 1 is 1.32 bits per heavy atom. The van der Waals surface area contributed by atoms with Crippen LogP contribution < -0.4 is 0 Å². The van der Waals surface area contributed by atoms with Gasteiger partial charge in [0, 0.05) is 24.5 Å². The summed E-state index contributed by atoms with van der Waals surface area (Å²) < 4.78 is 29.1. The fraction of sp³-hybridized carbons (Fsp3) is 0.529. The molecule has 25 heavy (non-hydrogen) atoms. The molecule has 0 spiro atoms. The number of carboxylic acid groups (broad SMARTS) is 1. The second-order valence-corrected chi connectivity index (χ2v) is 9.04. The molecule has 0 bridgehead atoms. The molecule has 1 N–H and O–H groups in total. The van der Waals surface area contributed by atoms with E-state index >= 15 is 0 Å². The molecule has 1 aromatic heterocycles. The lowest BCUT2D eigenvalue weighted by atomic mass is 9.92. The van der Waals surface area contributed by atoms with Gasteiger partial charge in [0.15, 0.2) is 0 Å². The van der Waals surface area contributed by atoms with Crippen LogP contribution in [0.2, 0.25) is 0 Å². The minimum atomic E-state index is -3.73. The molecule has 2 heterocycles. The van der Waals surface area contributed by atoms with E-state index < -0.39 is 21.9 Å². The van der Waals surface area contributed by atoms with Crippen molar-refractivity contribution in [3.05, 3.63) is 24.4 Å². The van der Waals surface area contributed by atoms with Crippen molar-refractivity contribution in [3.63, 3.8) is 0 Å². The highest BCUT2D eigenvalue weighted by atomic mass is 32.2. The van der Waals surface area contributed by atoms with E-state index in [1.165, 1.54) is 4.31 Å². The Labute approximate surface area is 147 Å². The number of piperidine rings is 1. The Balaban J connectivity index is 1.96. The van der Waals surface area contributed by atoms with Crippen molar-refractivity contribution in [1.29, 1.82) is 0 Å². The zero-order valence-corrected chi connectivity index (χ0v) is 15.4. The summed E-state index contributed by atoms with van der Waals surface area (Å²) in [6, 6.07) is 5.13. The largest absolute Gasteiger partial charge is 0.481 e. The number of nitrogens with zero attached hydrogens (tertiary/aromatic N) is 3. The van der Waals surface area contributed by atoms with E-state index in [4.69, 9.17) is 0 Å². The van der Waals surface area contributed by atoms with Gasteiger partial charge in [0.1, 0.15) is 0 Å². The second-order valence-electron chi connectivity index (χ2n) is 7.10. The van der Waals surface area contributed by atoms with Crippen LogP contribution in [0.5, 0.6) is 0 Å². The molecule has 8 heteroatoms. The van der Waals surface area contributed by atoms with Crippen LogP contribution in [0.25, 0.3) is 10.9 Å². The zero-order chi connectivity index (χ0) is 18.4. The van der Waals surface area contributed by atoms with E-state index in [1.807, 2.05) is 25.5 Å². The molecule has 136 valence electrons. The van der Waals surface area contributed by atoms with Crippen LogP contribution in [0, 0.1) is 11.8 Å². The lowest BCUT2D eigenvalue weighted by Crippen LogP contribution is -2.45. The molecule has 0 aliphatic carbocycles. The Bertz CT molecular complexity index is 904. The average molecular weight is 365 g/mol. The summed E-state index contributed by atoms with van der Waals surface area (Å²) in [4.78, 5) is 11.5. The lowest BCUT2D eigenvalue weighted by Gasteiger charge is -2.33. The maximum atomic E-state index is 13.0. The maximum absolute atomic E-state index is 13.0. The van der Waals surface area contributed by atoms with E-state index in [0.29, 0.717) is 13.0 Å². The van der Waals surface area contributed by atoms with Gasteiger partial charge >= 0.3 is 5.97 Å². The van der Waals surface area contributed by atoms with E-state index in [0.717, 1.165) is 10.9 Å². The molecule has 1 aromatic carbocycles. The first-order valence-electron chi connectivity index (χ1n) is 8.40. The minimum absolute atomic E-state index is 0.0112. The molecule has 2 aromatic rings. The van der Waals surface area contributed by atoms with Crippen molar-refractivity contribution >= 4 is 26.9 Å². The van der Waals surface area contributed by atoms with Crippen LogP contribution >= 0.6 is 0 Å². The van der Waals surface area contributed by atoms with Gasteiger partial charge in [-0.1, -0.05) is 6.92 Å². The number of carboxylic acids is 1. The van der Waals surface area contributed by atoms with Crippen LogP contribution in [0.3, 0.4) is 0 Å². The van der Waals surface area contributed by atoms with Crippen molar-refractivity contribution in [2.24, 2.45) is 11.8 Å². The summed E-state index contributed by atoms with van der Waals surface area (Å²) in [5.74, 6) is -1.59. The molecule has 7 nitrogen and oxygen atoms in total. The molecule has 2 unspecified atom stereocenters. The molecule has 3 rings (SSSR count). The summed E-state index contributed by atoms with van der Waals surface area (Å²) in [5.41, 5.74) is 0.879. The predicted octanol–water partition coefficient (Wildman–Crippen LogP) is 2.35. The van der Waals surface area contributed by atoms with Gasteiger partial charge in [-0.05, 0) is 44.4 Å². The summed E-state index contributed by atoms with van der Waals surface area (Å²) in [6.07, 6.45) is 2.16. The smallest absolute Gasteiger partial charge is 0.307 e. The van der Waals surface area contributed by atoms with Gasteiger partial charge in [-0.3, -0.25) is 9.48 Å². The Hall–Kier alpha value is -1.93. The van der Waals surface area contributed by atoms with Gasteiger partial charge in [0.2, 0.25) is 10.0 Å². The number of carbonyl (C=O) groups is 1. The molecule has 0 saturated carbocycles.